The van der Waals surface area contributed by atoms with E-state index in [2.05, 4.69) is 10.2 Å². The molecule has 0 radical (unpaired) electrons. The molecule has 1 aromatic carbocycles. The SMILES string of the molecule is COc1ccc(N2CCN(C=O)CC2)cc1NC(=O)CC(C)(C)C. The van der Waals surface area contributed by atoms with Gasteiger partial charge in [0, 0.05) is 38.3 Å². The minimum absolute atomic E-state index is 0.0243. The summed E-state index contributed by atoms with van der Waals surface area (Å²) in [5.41, 5.74) is 1.63. The predicted octanol–water partition coefficient (Wildman–Crippen LogP) is 2.35. The Morgan fingerprint density at radius 3 is 2.46 bits per heavy atom. The average Bonchev–Trinajstić information content (AvgIpc) is 2.53. The van der Waals surface area contributed by atoms with Crippen LogP contribution in [0.2, 0.25) is 0 Å². The largest absolute Gasteiger partial charge is 0.495 e. The third-order valence-electron chi connectivity index (χ3n) is 3.98. The van der Waals surface area contributed by atoms with Crippen molar-refractivity contribution in [2.24, 2.45) is 5.41 Å². The zero-order valence-electron chi connectivity index (χ0n) is 15.0. The van der Waals surface area contributed by atoms with E-state index in [-0.39, 0.29) is 11.3 Å². The van der Waals surface area contributed by atoms with E-state index in [1.807, 2.05) is 39.0 Å². The smallest absolute Gasteiger partial charge is 0.225 e. The number of piperazine rings is 1. The molecule has 2 rings (SSSR count). The third-order valence-corrected chi connectivity index (χ3v) is 3.98. The van der Waals surface area contributed by atoms with E-state index >= 15 is 0 Å². The molecule has 1 saturated heterocycles. The summed E-state index contributed by atoms with van der Waals surface area (Å²) in [5, 5.41) is 2.96. The summed E-state index contributed by atoms with van der Waals surface area (Å²) in [4.78, 5) is 27.0. The summed E-state index contributed by atoms with van der Waals surface area (Å²) in [6.45, 7) is 9.08. The molecule has 0 bridgehead atoms. The Morgan fingerprint density at radius 1 is 1.25 bits per heavy atom. The van der Waals surface area contributed by atoms with Crippen LogP contribution in [0.15, 0.2) is 18.2 Å². The van der Waals surface area contributed by atoms with Gasteiger partial charge in [-0.15, -0.1) is 0 Å². The van der Waals surface area contributed by atoms with Crippen molar-refractivity contribution in [2.75, 3.05) is 43.5 Å². The summed E-state index contributed by atoms with van der Waals surface area (Å²) in [5.74, 6) is 0.622. The summed E-state index contributed by atoms with van der Waals surface area (Å²) in [7, 11) is 1.59. The quantitative estimate of drug-likeness (QED) is 0.840. The molecular weight excluding hydrogens is 306 g/mol. The molecule has 1 N–H and O–H groups in total. The zero-order valence-corrected chi connectivity index (χ0v) is 15.0. The molecule has 0 atom stereocenters. The predicted molar refractivity (Wildman–Crippen MR) is 95.5 cm³/mol. The minimum Gasteiger partial charge on any atom is -0.495 e. The maximum absolute atomic E-state index is 12.2. The van der Waals surface area contributed by atoms with Crippen molar-refractivity contribution in [3.8, 4) is 5.75 Å². The van der Waals surface area contributed by atoms with Crippen molar-refractivity contribution in [3.05, 3.63) is 18.2 Å². The Morgan fingerprint density at radius 2 is 1.92 bits per heavy atom. The number of carbonyl (C=O) groups is 2. The molecule has 1 heterocycles. The number of benzene rings is 1. The van der Waals surface area contributed by atoms with Gasteiger partial charge in [-0.3, -0.25) is 9.59 Å². The molecule has 0 saturated carbocycles. The lowest BCUT2D eigenvalue weighted by molar-refractivity contribution is -0.119. The third kappa shape index (κ3) is 4.88. The minimum atomic E-state index is -0.0694. The summed E-state index contributed by atoms with van der Waals surface area (Å²) >= 11 is 0. The molecule has 6 heteroatoms. The van der Waals surface area contributed by atoms with E-state index in [9.17, 15) is 9.59 Å². The van der Waals surface area contributed by atoms with Crippen molar-refractivity contribution >= 4 is 23.7 Å². The zero-order chi connectivity index (χ0) is 17.7. The highest BCUT2D eigenvalue weighted by Gasteiger charge is 2.19. The van der Waals surface area contributed by atoms with E-state index in [1.54, 1.807) is 12.0 Å². The van der Waals surface area contributed by atoms with Crippen LogP contribution < -0.4 is 15.0 Å². The molecule has 1 fully saturated rings. The highest BCUT2D eigenvalue weighted by atomic mass is 16.5. The first-order valence-corrected chi connectivity index (χ1v) is 8.24. The molecule has 0 spiro atoms. The number of nitrogens with zero attached hydrogens (tertiary/aromatic N) is 2. The number of rotatable bonds is 5. The van der Waals surface area contributed by atoms with Crippen LogP contribution in [0.3, 0.4) is 0 Å². The van der Waals surface area contributed by atoms with E-state index in [0.717, 1.165) is 25.2 Å². The summed E-state index contributed by atoms with van der Waals surface area (Å²) in [6, 6.07) is 5.79. The van der Waals surface area contributed by atoms with Gasteiger partial charge in [0.05, 0.1) is 12.8 Å². The van der Waals surface area contributed by atoms with Gasteiger partial charge >= 0.3 is 0 Å². The van der Waals surface area contributed by atoms with E-state index in [4.69, 9.17) is 4.74 Å². The van der Waals surface area contributed by atoms with Gasteiger partial charge in [-0.05, 0) is 23.6 Å². The maximum atomic E-state index is 12.2. The average molecular weight is 333 g/mol. The van der Waals surface area contributed by atoms with Gasteiger partial charge in [-0.25, -0.2) is 0 Å². The Kier molecular flexibility index (Phi) is 5.70. The fourth-order valence-corrected chi connectivity index (χ4v) is 2.75. The van der Waals surface area contributed by atoms with Crippen molar-refractivity contribution in [1.82, 2.24) is 4.90 Å². The number of amides is 2. The summed E-state index contributed by atoms with van der Waals surface area (Å²) in [6.07, 6.45) is 1.34. The number of hydrogen-bond donors (Lipinski definition) is 1. The molecule has 1 aliphatic rings. The molecule has 24 heavy (non-hydrogen) atoms. The van der Waals surface area contributed by atoms with Crippen LogP contribution in [-0.2, 0) is 9.59 Å². The van der Waals surface area contributed by atoms with Gasteiger partial charge in [0.2, 0.25) is 12.3 Å². The van der Waals surface area contributed by atoms with Gasteiger partial charge in [0.1, 0.15) is 5.75 Å². The van der Waals surface area contributed by atoms with Gasteiger partial charge in [-0.1, -0.05) is 20.8 Å². The van der Waals surface area contributed by atoms with Crippen molar-refractivity contribution < 1.29 is 14.3 Å². The second kappa shape index (κ2) is 7.55. The van der Waals surface area contributed by atoms with Crippen LogP contribution in [0.4, 0.5) is 11.4 Å². The van der Waals surface area contributed by atoms with Crippen molar-refractivity contribution in [3.63, 3.8) is 0 Å². The van der Waals surface area contributed by atoms with Crippen molar-refractivity contribution in [2.45, 2.75) is 27.2 Å². The van der Waals surface area contributed by atoms with E-state index < -0.39 is 0 Å². The van der Waals surface area contributed by atoms with Gasteiger partial charge in [-0.2, -0.15) is 0 Å². The van der Waals surface area contributed by atoms with Crippen LogP contribution >= 0.6 is 0 Å². The first kappa shape index (κ1) is 18.1. The van der Waals surface area contributed by atoms with Crippen molar-refractivity contribution in [1.29, 1.82) is 0 Å². The molecule has 1 aromatic rings. The maximum Gasteiger partial charge on any atom is 0.225 e. The molecule has 132 valence electrons. The van der Waals surface area contributed by atoms with E-state index in [0.29, 0.717) is 30.9 Å². The highest BCUT2D eigenvalue weighted by Crippen LogP contribution is 2.31. The van der Waals surface area contributed by atoms with Crippen LogP contribution in [0, 0.1) is 5.41 Å². The van der Waals surface area contributed by atoms with Crippen LogP contribution in [0.5, 0.6) is 5.75 Å². The molecule has 0 aromatic heterocycles. The number of ether oxygens (including phenoxy) is 1. The fraction of sp³-hybridized carbons (Fsp3) is 0.556. The first-order valence-electron chi connectivity index (χ1n) is 8.24. The second-order valence-electron chi connectivity index (χ2n) is 7.30. The van der Waals surface area contributed by atoms with Gasteiger partial charge in [0.15, 0.2) is 0 Å². The molecule has 6 nitrogen and oxygen atoms in total. The lowest BCUT2D eigenvalue weighted by Gasteiger charge is -2.34. The number of carbonyl (C=O) groups excluding carboxylic acids is 2. The second-order valence-corrected chi connectivity index (χ2v) is 7.30. The monoisotopic (exact) mass is 333 g/mol. The number of methoxy groups -OCH3 is 1. The van der Waals surface area contributed by atoms with Crippen LogP contribution in [-0.4, -0.2) is 50.5 Å². The van der Waals surface area contributed by atoms with Gasteiger partial charge < -0.3 is 19.9 Å². The Balaban J connectivity index is 2.12. The molecule has 0 aliphatic carbocycles. The number of hydrogen-bond acceptors (Lipinski definition) is 4. The van der Waals surface area contributed by atoms with Crippen LogP contribution in [0.25, 0.3) is 0 Å². The standard InChI is InChI=1S/C18H27N3O3/c1-18(2,3)12-17(23)19-15-11-14(5-6-16(15)24-4)21-9-7-20(13-22)8-10-21/h5-6,11,13H,7-10,12H2,1-4H3,(H,19,23). The number of anilines is 2. The lowest BCUT2D eigenvalue weighted by Crippen LogP contribution is -2.45. The Bertz CT molecular complexity index is 588. The normalized spacial score (nSPS) is 15.2. The number of nitrogens with one attached hydrogen (secondary N) is 1. The highest BCUT2D eigenvalue weighted by molar-refractivity contribution is 5.93. The van der Waals surface area contributed by atoms with E-state index in [1.165, 1.54) is 0 Å². The fourth-order valence-electron chi connectivity index (χ4n) is 2.75. The molecular formula is C18H27N3O3. The first-order chi connectivity index (χ1) is 11.3. The lowest BCUT2D eigenvalue weighted by atomic mass is 9.92. The topological polar surface area (TPSA) is 61.9 Å². The summed E-state index contributed by atoms with van der Waals surface area (Å²) < 4.78 is 5.37. The van der Waals surface area contributed by atoms with Gasteiger partial charge in [0.25, 0.3) is 0 Å². The molecule has 1 aliphatic heterocycles. The molecule has 2 amide bonds. The Labute approximate surface area is 143 Å². The van der Waals surface area contributed by atoms with Crippen LogP contribution in [0.1, 0.15) is 27.2 Å². The molecule has 0 unspecified atom stereocenters. The Hall–Kier alpha value is -2.24.